The van der Waals surface area contributed by atoms with Crippen LogP contribution < -0.4 is 0 Å². The van der Waals surface area contributed by atoms with Gasteiger partial charge in [-0.3, -0.25) is 4.79 Å². The quantitative estimate of drug-likeness (QED) is 0.855. The van der Waals surface area contributed by atoms with Gasteiger partial charge >= 0.3 is 0 Å². The number of hydrogen-bond donors (Lipinski definition) is 0. The van der Waals surface area contributed by atoms with Crippen molar-refractivity contribution in [2.24, 2.45) is 0 Å². The average molecular weight is 300 g/mol. The molecule has 0 N–H and O–H groups in total. The lowest BCUT2D eigenvalue weighted by Gasteiger charge is -2.36. The predicted octanol–water partition coefficient (Wildman–Crippen LogP) is 3.16. The first kappa shape index (κ1) is 15.3. The van der Waals surface area contributed by atoms with Crippen molar-refractivity contribution in [1.82, 2.24) is 4.90 Å². The fourth-order valence-corrected chi connectivity index (χ4v) is 2.64. The molecule has 2 rings (SSSR count). The van der Waals surface area contributed by atoms with Crippen LogP contribution in [0.2, 0.25) is 5.02 Å². The van der Waals surface area contributed by atoms with Gasteiger partial charge in [-0.25, -0.2) is 4.39 Å². The van der Waals surface area contributed by atoms with Gasteiger partial charge in [-0.15, -0.1) is 0 Å². The molecule has 20 heavy (non-hydrogen) atoms. The highest BCUT2D eigenvalue weighted by atomic mass is 35.5. The summed E-state index contributed by atoms with van der Waals surface area (Å²) in [6, 6.07) is 6.91. The molecule has 3 nitrogen and oxygen atoms in total. The molecule has 5 heteroatoms. The monoisotopic (exact) mass is 299 g/mol. The van der Waals surface area contributed by atoms with E-state index in [1.807, 2.05) is 6.92 Å². The summed E-state index contributed by atoms with van der Waals surface area (Å²) >= 11 is 5.91. The van der Waals surface area contributed by atoms with Gasteiger partial charge in [-0.2, -0.15) is 0 Å². The van der Waals surface area contributed by atoms with Gasteiger partial charge in [0.25, 0.3) is 0 Å². The zero-order valence-electron chi connectivity index (χ0n) is 11.6. The fourth-order valence-electron chi connectivity index (χ4n) is 2.45. The molecule has 1 aliphatic rings. The lowest BCUT2D eigenvalue weighted by molar-refractivity contribution is -0.138. The molecule has 1 amide bonds. The van der Waals surface area contributed by atoms with Crippen LogP contribution in [0.1, 0.15) is 25.3 Å². The molecule has 110 valence electrons. The van der Waals surface area contributed by atoms with Crippen LogP contribution in [-0.2, 0) is 15.2 Å². The van der Waals surface area contributed by atoms with Crippen LogP contribution in [0.25, 0.3) is 0 Å². The van der Waals surface area contributed by atoms with Crippen molar-refractivity contribution in [2.45, 2.75) is 25.4 Å². The van der Waals surface area contributed by atoms with Gasteiger partial charge in [-0.05, 0) is 24.6 Å². The van der Waals surface area contributed by atoms with Crippen LogP contribution in [0.5, 0.6) is 0 Å². The minimum atomic E-state index is -1.40. The summed E-state index contributed by atoms with van der Waals surface area (Å²) < 4.78 is 20.0. The molecule has 0 bridgehead atoms. The largest absolute Gasteiger partial charge is 0.372 e. The van der Waals surface area contributed by atoms with E-state index in [0.717, 1.165) is 0 Å². The molecule has 1 aliphatic heterocycles. The topological polar surface area (TPSA) is 29.5 Å². The Morgan fingerprint density at radius 3 is 2.75 bits per heavy atom. The van der Waals surface area contributed by atoms with Crippen molar-refractivity contribution in [3.8, 4) is 0 Å². The zero-order chi connectivity index (χ0) is 14.6. The van der Waals surface area contributed by atoms with Gasteiger partial charge in [0.2, 0.25) is 5.91 Å². The number of carbonyl (C=O) groups is 1. The smallest absolute Gasteiger partial charge is 0.248 e. The van der Waals surface area contributed by atoms with Crippen molar-refractivity contribution in [3.05, 3.63) is 34.9 Å². The van der Waals surface area contributed by atoms with Crippen LogP contribution in [0.15, 0.2) is 24.3 Å². The minimum absolute atomic E-state index is 0.0694. The third-order valence-corrected chi connectivity index (χ3v) is 3.92. The second-order valence-electron chi connectivity index (χ2n) is 4.99. The third kappa shape index (κ3) is 3.49. The van der Waals surface area contributed by atoms with Crippen LogP contribution in [0.3, 0.4) is 0 Å². The summed E-state index contributed by atoms with van der Waals surface area (Å²) in [5.41, 5.74) is -0.797. The molecule has 0 radical (unpaired) electrons. The van der Waals surface area contributed by atoms with Gasteiger partial charge in [-0.1, -0.05) is 23.7 Å². The number of amides is 1. The van der Waals surface area contributed by atoms with E-state index in [0.29, 0.717) is 43.1 Å². The normalized spacial score (nSPS) is 18.1. The highest BCUT2D eigenvalue weighted by Crippen LogP contribution is 2.37. The number of piperidine rings is 1. The SMILES string of the molecule is CCOCC(=O)N1CCC(F)(c2cccc(Cl)c2)CC1. The Morgan fingerprint density at radius 1 is 1.45 bits per heavy atom. The molecular weight excluding hydrogens is 281 g/mol. The number of alkyl halides is 1. The standard InChI is InChI=1S/C15H19ClFNO2/c1-2-20-11-14(19)18-8-6-15(17,7-9-18)12-4-3-5-13(16)10-12/h3-5,10H,2,6-9,11H2,1H3. The summed E-state index contributed by atoms with van der Waals surface area (Å²) in [4.78, 5) is 13.5. The first-order valence-corrected chi connectivity index (χ1v) is 7.23. The van der Waals surface area contributed by atoms with Gasteiger partial charge in [0, 0.05) is 37.6 Å². The molecule has 0 aromatic heterocycles. The lowest BCUT2D eigenvalue weighted by Crippen LogP contribution is -2.44. The van der Waals surface area contributed by atoms with Gasteiger partial charge in [0.1, 0.15) is 12.3 Å². The maximum Gasteiger partial charge on any atom is 0.248 e. The van der Waals surface area contributed by atoms with Crippen molar-refractivity contribution in [1.29, 1.82) is 0 Å². The molecule has 1 aromatic rings. The number of hydrogen-bond acceptors (Lipinski definition) is 2. The number of likely N-dealkylation sites (tertiary alicyclic amines) is 1. The molecule has 1 fully saturated rings. The first-order chi connectivity index (χ1) is 9.55. The molecule has 0 atom stereocenters. The highest BCUT2D eigenvalue weighted by molar-refractivity contribution is 6.30. The summed E-state index contributed by atoms with van der Waals surface area (Å²) in [6.07, 6.45) is 0.594. The fraction of sp³-hybridized carbons (Fsp3) is 0.533. The molecule has 0 spiro atoms. The molecule has 1 saturated heterocycles. The van der Waals surface area contributed by atoms with Crippen LogP contribution in [0, 0.1) is 0 Å². The summed E-state index contributed by atoms with van der Waals surface area (Å²) in [6.45, 7) is 3.25. The van der Waals surface area contributed by atoms with E-state index in [1.165, 1.54) is 0 Å². The van der Waals surface area contributed by atoms with Crippen LogP contribution >= 0.6 is 11.6 Å². The van der Waals surface area contributed by atoms with Crippen molar-refractivity contribution in [3.63, 3.8) is 0 Å². The first-order valence-electron chi connectivity index (χ1n) is 6.85. The zero-order valence-corrected chi connectivity index (χ0v) is 12.3. The van der Waals surface area contributed by atoms with Gasteiger partial charge in [0.05, 0.1) is 0 Å². The lowest BCUT2D eigenvalue weighted by atomic mass is 9.86. The summed E-state index contributed by atoms with van der Waals surface area (Å²) in [7, 11) is 0. The van der Waals surface area contributed by atoms with Crippen LogP contribution in [-0.4, -0.2) is 37.1 Å². The Hall–Kier alpha value is -1.13. The van der Waals surface area contributed by atoms with Crippen molar-refractivity contribution in [2.75, 3.05) is 26.3 Å². The Morgan fingerprint density at radius 2 is 2.15 bits per heavy atom. The molecule has 1 aromatic carbocycles. The molecular formula is C15H19ClFNO2. The van der Waals surface area contributed by atoms with E-state index in [4.69, 9.17) is 16.3 Å². The summed E-state index contributed by atoms with van der Waals surface area (Å²) in [5, 5.41) is 0.536. The number of rotatable bonds is 4. The van der Waals surface area contributed by atoms with Gasteiger partial charge in [0.15, 0.2) is 0 Å². The molecule has 0 aliphatic carbocycles. The maximum atomic E-state index is 14.9. The number of ether oxygens (including phenoxy) is 1. The summed E-state index contributed by atoms with van der Waals surface area (Å²) in [5.74, 6) is -0.0694. The van der Waals surface area contributed by atoms with E-state index < -0.39 is 5.67 Å². The number of carbonyl (C=O) groups excluding carboxylic acids is 1. The molecule has 0 unspecified atom stereocenters. The Labute approximate surface area is 123 Å². The Bertz CT molecular complexity index is 473. The van der Waals surface area contributed by atoms with Crippen molar-refractivity contribution < 1.29 is 13.9 Å². The maximum absolute atomic E-state index is 14.9. The van der Waals surface area contributed by atoms with Crippen LogP contribution in [0.4, 0.5) is 4.39 Å². The second-order valence-corrected chi connectivity index (χ2v) is 5.43. The van der Waals surface area contributed by atoms with E-state index in [2.05, 4.69) is 0 Å². The predicted molar refractivity (Wildman–Crippen MR) is 76.5 cm³/mol. The molecule has 1 heterocycles. The average Bonchev–Trinajstić information content (AvgIpc) is 2.45. The van der Waals surface area contributed by atoms with E-state index in [9.17, 15) is 9.18 Å². The van der Waals surface area contributed by atoms with E-state index in [1.54, 1.807) is 29.2 Å². The number of nitrogens with zero attached hydrogens (tertiary/aromatic N) is 1. The third-order valence-electron chi connectivity index (χ3n) is 3.68. The number of benzene rings is 1. The van der Waals surface area contributed by atoms with E-state index in [-0.39, 0.29) is 12.5 Å². The number of halogens is 2. The molecule has 0 saturated carbocycles. The van der Waals surface area contributed by atoms with E-state index >= 15 is 0 Å². The Balaban J connectivity index is 1.98. The highest BCUT2D eigenvalue weighted by Gasteiger charge is 2.37. The van der Waals surface area contributed by atoms with Gasteiger partial charge < -0.3 is 9.64 Å². The second kappa shape index (κ2) is 6.55. The Kier molecular flexibility index (Phi) is 5.00. The van der Waals surface area contributed by atoms with Crippen molar-refractivity contribution >= 4 is 17.5 Å². The minimum Gasteiger partial charge on any atom is -0.372 e.